The normalized spacial score (nSPS) is 13.4. The third-order valence-electron chi connectivity index (χ3n) is 1.99. The second kappa shape index (κ2) is 8.79. The molecule has 0 bridgehead atoms. The molecule has 0 aliphatic carbocycles. The Labute approximate surface area is 82.0 Å². The zero-order valence-electron chi connectivity index (χ0n) is 7.42. The van der Waals surface area contributed by atoms with Gasteiger partial charge in [0.1, 0.15) is 0 Å². The molecule has 2 heteroatoms. The molecule has 0 amide bonds. The molecule has 1 atom stereocenters. The molecule has 0 aromatic carbocycles. The van der Waals surface area contributed by atoms with E-state index in [4.69, 9.17) is 0 Å². The van der Waals surface area contributed by atoms with Gasteiger partial charge in [-0.3, -0.25) is 0 Å². The molecule has 0 aromatic rings. The van der Waals surface area contributed by atoms with Crippen molar-refractivity contribution < 1.29 is 0 Å². The lowest BCUT2D eigenvalue weighted by Gasteiger charge is -2.12. The van der Waals surface area contributed by atoms with Crippen LogP contribution in [0, 0.1) is 5.92 Å². The average Bonchev–Trinajstić information content (AvgIpc) is 2.05. The predicted molar refractivity (Wildman–Crippen MR) is 60.0 cm³/mol. The van der Waals surface area contributed by atoms with E-state index in [0.717, 1.165) is 17.4 Å². The van der Waals surface area contributed by atoms with Crippen molar-refractivity contribution in [1.29, 1.82) is 0 Å². The van der Waals surface area contributed by atoms with Crippen LogP contribution >= 0.6 is 25.3 Å². The summed E-state index contributed by atoms with van der Waals surface area (Å²) in [5, 5.41) is 0. The first kappa shape index (κ1) is 11.7. The highest BCUT2D eigenvalue weighted by Gasteiger charge is 2.04. The lowest BCUT2D eigenvalue weighted by Crippen LogP contribution is -2.02. The Hall–Kier alpha value is 0.700. The fraction of sp³-hybridized carbons (Fsp3) is 1.00. The minimum absolute atomic E-state index is 0.838. The Morgan fingerprint density at radius 3 is 2.18 bits per heavy atom. The minimum Gasteiger partial charge on any atom is -0.179 e. The van der Waals surface area contributed by atoms with Gasteiger partial charge in [0.2, 0.25) is 0 Å². The molecule has 0 spiro atoms. The van der Waals surface area contributed by atoms with Gasteiger partial charge in [0, 0.05) is 0 Å². The Balaban J connectivity index is 3.25. The number of hydrogen-bond acceptors (Lipinski definition) is 2. The first-order valence-corrected chi connectivity index (χ1v) is 5.83. The Morgan fingerprint density at radius 2 is 1.73 bits per heavy atom. The Bertz CT molecular complexity index is 66.0. The lowest BCUT2D eigenvalue weighted by molar-refractivity contribution is 0.476. The molecule has 0 nitrogen and oxygen atoms in total. The molecule has 0 N–H and O–H groups in total. The molecule has 0 saturated heterocycles. The van der Waals surface area contributed by atoms with Gasteiger partial charge in [-0.05, 0) is 36.7 Å². The summed E-state index contributed by atoms with van der Waals surface area (Å²) in [7, 11) is 0. The Kier molecular flexibility index (Phi) is 9.35. The van der Waals surface area contributed by atoms with Gasteiger partial charge in [-0.15, -0.1) is 0 Å². The van der Waals surface area contributed by atoms with Crippen LogP contribution in [0.25, 0.3) is 0 Å². The maximum absolute atomic E-state index is 4.34. The minimum atomic E-state index is 0.838. The molecular formula is C9H20S2. The molecule has 11 heavy (non-hydrogen) atoms. The maximum atomic E-state index is 4.34. The summed E-state index contributed by atoms with van der Waals surface area (Å²) in [6.45, 7) is 2.24. The van der Waals surface area contributed by atoms with Gasteiger partial charge in [-0.2, -0.15) is 25.3 Å². The van der Waals surface area contributed by atoms with Gasteiger partial charge < -0.3 is 0 Å². The molecule has 0 aliphatic heterocycles. The molecule has 68 valence electrons. The number of thiol groups is 2. The molecule has 0 aromatic heterocycles. The second-order valence-electron chi connectivity index (χ2n) is 3.06. The van der Waals surface area contributed by atoms with Crippen LogP contribution in [0.5, 0.6) is 0 Å². The van der Waals surface area contributed by atoms with E-state index >= 15 is 0 Å². The highest BCUT2D eigenvalue weighted by Crippen LogP contribution is 2.16. The van der Waals surface area contributed by atoms with E-state index in [1.807, 2.05) is 0 Å². The summed E-state index contributed by atoms with van der Waals surface area (Å²) >= 11 is 8.54. The fourth-order valence-corrected chi connectivity index (χ4v) is 1.75. The molecule has 0 aliphatic rings. The van der Waals surface area contributed by atoms with E-state index in [1.165, 1.54) is 32.1 Å². The highest BCUT2D eigenvalue weighted by molar-refractivity contribution is 7.80. The first-order chi connectivity index (χ1) is 5.35. The summed E-state index contributed by atoms with van der Waals surface area (Å²) in [5.74, 6) is 2.91. The van der Waals surface area contributed by atoms with Crippen molar-refractivity contribution in [2.45, 2.75) is 39.0 Å². The van der Waals surface area contributed by atoms with Crippen molar-refractivity contribution in [3.8, 4) is 0 Å². The number of hydrogen-bond donors (Lipinski definition) is 2. The van der Waals surface area contributed by atoms with Gasteiger partial charge >= 0.3 is 0 Å². The number of rotatable bonds is 7. The van der Waals surface area contributed by atoms with Crippen molar-refractivity contribution in [1.82, 2.24) is 0 Å². The van der Waals surface area contributed by atoms with Crippen LogP contribution in [0.3, 0.4) is 0 Å². The van der Waals surface area contributed by atoms with Crippen molar-refractivity contribution in [3.05, 3.63) is 0 Å². The van der Waals surface area contributed by atoms with Crippen LogP contribution in [0.4, 0.5) is 0 Å². The van der Waals surface area contributed by atoms with Crippen LogP contribution in [0.15, 0.2) is 0 Å². The molecule has 0 radical (unpaired) electrons. The summed E-state index contributed by atoms with van der Waals surface area (Å²) in [6, 6.07) is 0. The van der Waals surface area contributed by atoms with Crippen LogP contribution in [0.1, 0.15) is 39.0 Å². The first-order valence-electron chi connectivity index (χ1n) is 4.56. The SMILES string of the molecule is CCCCC(CS)CCCS. The van der Waals surface area contributed by atoms with Gasteiger partial charge in [0.25, 0.3) is 0 Å². The van der Waals surface area contributed by atoms with E-state index in [-0.39, 0.29) is 0 Å². The molecule has 0 fully saturated rings. The largest absolute Gasteiger partial charge is 0.179 e. The monoisotopic (exact) mass is 192 g/mol. The van der Waals surface area contributed by atoms with E-state index in [2.05, 4.69) is 32.2 Å². The molecule has 1 unspecified atom stereocenters. The predicted octanol–water partition coefficient (Wildman–Crippen LogP) is 3.43. The van der Waals surface area contributed by atoms with E-state index < -0.39 is 0 Å². The van der Waals surface area contributed by atoms with E-state index in [1.54, 1.807) is 0 Å². The molecule has 0 heterocycles. The van der Waals surface area contributed by atoms with E-state index in [9.17, 15) is 0 Å². The maximum Gasteiger partial charge on any atom is -0.00695 e. The summed E-state index contributed by atoms with van der Waals surface area (Å²) in [6.07, 6.45) is 6.59. The van der Waals surface area contributed by atoms with Gasteiger partial charge in [0.05, 0.1) is 0 Å². The Morgan fingerprint density at radius 1 is 1.09 bits per heavy atom. The fourth-order valence-electron chi connectivity index (χ4n) is 1.20. The van der Waals surface area contributed by atoms with Crippen LogP contribution in [0.2, 0.25) is 0 Å². The molecule has 0 rings (SSSR count). The smallest absolute Gasteiger partial charge is 0.00695 e. The highest BCUT2D eigenvalue weighted by atomic mass is 32.1. The topological polar surface area (TPSA) is 0 Å². The van der Waals surface area contributed by atoms with Crippen molar-refractivity contribution in [3.63, 3.8) is 0 Å². The molecule has 0 saturated carbocycles. The van der Waals surface area contributed by atoms with Crippen molar-refractivity contribution in [2.24, 2.45) is 5.92 Å². The lowest BCUT2D eigenvalue weighted by atomic mass is 9.99. The molecular weight excluding hydrogens is 172 g/mol. The van der Waals surface area contributed by atoms with Crippen molar-refractivity contribution >= 4 is 25.3 Å². The standard InChI is InChI=1S/C9H20S2/c1-2-3-5-9(8-11)6-4-7-10/h9-11H,2-8H2,1H3. The van der Waals surface area contributed by atoms with Crippen LogP contribution in [-0.2, 0) is 0 Å². The third kappa shape index (κ3) is 7.07. The number of unbranched alkanes of at least 4 members (excludes halogenated alkanes) is 1. The summed E-state index contributed by atoms with van der Waals surface area (Å²) in [5.41, 5.74) is 0. The quantitative estimate of drug-likeness (QED) is 0.567. The van der Waals surface area contributed by atoms with Gasteiger partial charge in [0.15, 0.2) is 0 Å². The van der Waals surface area contributed by atoms with Gasteiger partial charge in [-0.25, -0.2) is 0 Å². The summed E-state index contributed by atoms with van der Waals surface area (Å²) < 4.78 is 0. The van der Waals surface area contributed by atoms with Crippen LogP contribution in [-0.4, -0.2) is 11.5 Å². The zero-order chi connectivity index (χ0) is 8.53. The van der Waals surface area contributed by atoms with Gasteiger partial charge in [-0.1, -0.05) is 19.8 Å². The van der Waals surface area contributed by atoms with E-state index in [0.29, 0.717) is 0 Å². The summed E-state index contributed by atoms with van der Waals surface area (Å²) in [4.78, 5) is 0. The third-order valence-corrected chi connectivity index (χ3v) is 2.83. The zero-order valence-corrected chi connectivity index (χ0v) is 9.21. The van der Waals surface area contributed by atoms with Crippen LogP contribution < -0.4 is 0 Å². The second-order valence-corrected chi connectivity index (χ2v) is 3.87. The average molecular weight is 192 g/mol. The van der Waals surface area contributed by atoms with Crippen molar-refractivity contribution in [2.75, 3.05) is 11.5 Å².